The van der Waals surface area contributed by atoms with Gasteiger partial charge in [0.2, 0.25) is 5.91 Å². The number of nitrogens with one attached hydrogen (secondary N) is 1. The van der Waals surface area contributed by atoms with Crippen molar-refractivity contribution >= 4 is 5.91 Å². The lowest BCUT2D eigenvalue weighted by atomic mass is 9.91. The van der Waals surface area contributed by atoms with E-state index < -0.39 is 0 Å². The fourth-order valence-corrected chi connectivity index (χ4v) is 2.08. The Morgan fingerprint density at radius 1 is 1.38 bits per heavy atom. The van der Waals surface area contributed by atoms with Gasteiger partial charge in [-0.1, -0.05) is 0 Å². The van der Waals surface area contributed by atoms with Gasteiger partial charge in [0, 0.05) is 18.0 Å². The van der Waals surface area contributed by atoms with Gasteiger partial charge in [0.1, 0.15) is 0 Å². The number of ether oxygens (including phenoxy) is 1. The van der Waals surface area contributed by atoms with Crippen molar-refractivity contribution in [1.29, 1.82) is 0 Å². The van der Waals surface area contributed by atoms with Crippen LogP contribution in [0.2, 0.25) is 0 Å². The normalized spacial score (nSPS) is 31.2. The van der Waals surface area contributed by atoms with E-state index in [4.69, 9.17) is 10.5 Å². The Hall–Kier alpha value is -0.610. The molecule has 0 radical (unpaired) electrons. The maximum atomic E-state index is 11.9. The molecule has 2 atom stereocenters. The zero-order chi connectivity index (χ0) is 12.3. The van der Waals surface area contributed by atoms with E-state index in [-0.39, 0.29) is 29.6 Å². The smallest absolute Gasteiger partial charge is 0.223 e. The first kappa shape index (κ1) is 13.5. The van der Waals surface area contributed by atoms with Gasteiger partial charge in [-0.3, -0.25) is 4.79 Å². The molecule has 0 aromatic carbocycles. The van der Waals surface area contributed by atoms with Crippen LogP contribution in [0.3, 0.4) is 0 Å². The fourth-order valence-electron chi connectivity index (χ4n) is 2.08. The summed E-state index contributed by atoms with van der Waals surface area (Å²) in [5, 5.41) is 2.91. The highest BCUT2D eigenvalue weighted by Crippen LogP contribution is 2.24. The van der Waals surface area contributed by atoms with Gasteiger partial charge in [0.15, 0.2) is 0 Å². The van der Waals surface area contributed by atoms with Crippen molar-refractivity contribution in [3.63, 3.8) is 0 Å². The second kappa shape index (κ2) is 5.15. The standard InChI is InChI=1S/C12H24N2O2/c1-8-5-10(6-9(2)16-8)11(15)14-7-12(3,4)13/h8-10H,5-7,13H2,1-4H3,(H,14,15). The number of carbonyl (C=O) groups is 1. The molecule has 1 heterocycles. The third-order valence-corrected chi connectivity index (χ3v) is 2.79. The summed E-state index contributed by atoms with van der Waals surface area (Å²) in [5.74, 6) is 0.182. The molecule has 1 fully saturated rings. The van der Waals surface area contributed by atoms with Crippen LogP contribution in [0.4, 0.5) is 0 Å². The van der Waals surface area contributed by atoms with Crippen molar-refractivity contribution in [2.75, 3.05) is 6.54 Å². The molecule has 1 saturated heterocycles. The summed E-state index contributed by atoms with van der Waals surface area (Å²) in [6.45, 7) is 8.36. The molecule has 0 aromatic heterocycles. The molecule has 2 unspecified atom stereocenters. The quantitative estimate of drug-likeness (QED) is 0.758. The molecule has 0 spiro atoms. The summed E-state index contributed by atoms with van der Waals surface area (Å²) in [6, 6.07) is 0. The Bertz CT molecular complexity index is 238. The summed E-state index contributed by atoms with van der Waals surface area (Å²) in [5.41, 5.74) is 5.48. The highest BCUT2D eigenvalue weighted by molar-refractivity contribution is 5.78. The lowest BCUT2D eigenvalue weighted by Crippen LogP contribution is -2.48. The topological polar surface area (TPSA) is 64.4 Å². The number of nitrogens with two attached hydrogens (primary N) is 1. The van der Waals surface area contributed by atoms with Crippen LogP contribution in [0.15, 0.2) is 0 Å². The lowest BCUT2D eigenvalue weighted by Gasteiger charge is -2.32. The zero-order valence-corrected chi connectivity index (χ0v) is 10.7. The van der Waals surface area contributed by atoms with E-state index >= 15 is 0 Å². The molecule has 3 N–H and O–H groups in total. The molecule has 4 heteroatoms. The molecule has 4 nitrogen and oxygen atoms in total. The minimum Gasteiger partial charge on any atom is -0.376 e. The SMILES string of the molecule is CC1CC(C(=O)NCC(C)(C)N)CC(C)O1. The summed E-state index contributed by atoms with van der Waals surface area (Å²) in [4.78, 5) is 11.9. The van der Waals surface area contributed by atoms with E-state index in [2.05, 4.69) is 5.32 Å². The van der Waals surface area contributed by atoms with Gasteiger partial charge in [-0.05, 0) is 40.5 Å². The van der Waals surface area contributed by atoms with Gasteiger partial charge in [0.05, 0.1) is 12.2 Å². The Morgan fingerprint density at radius 2 is 1.88 bits per heavy atom. The van der Waals surface area contributed by atoms with E-state index in [1.807, 2.05) is 27.7 Å². The predicted molar refractivity (Wildman–Crippen MR) is 64.0 cm³/mol. The largest absolute Gasteiger partial charge is 0.376 e. The van der Waals surface area contributed by atoms with E-state index in [0.29, 0.717) is 6.54 Å². The average molecular weight is 228 g/mol. The Morgan fingerprint density at radius 3 is 2.31 bits per heavy atom. The number of hydrogen-bond donors (Lipinski definition) is 2. The van der Waals surface area contributed by atoms with Gasteiger partial charge in [-0.2, -0.15) is 0 Å². The molecule has 0 aliphatic carbocycles. The minimum absolute atomic E-state index is 0.0705. The summed E-state index contributed by atoms with van der Waals surface area (Å²) >= 11 is 0. The molecule has 0 bridgehead atoms. The maximum Gasteiger partial charge on any atom is 0.223 e. The monoisotopic (exact) mass is 228 g/mol. The second-order valence-electron chi connectivity index (χ2n) is 5.63. The minimum atomic E-state index is -0.349. The molecule has 94 valence electrons. The first-order chi connectivity index (χ1) is 7.28. The average Bonchev–Trinajstić information content (AvgIpc) is 2.11. The molecule has 16 heavy (non-hydrogen) atoms. The number of rotatable bonds is 3. The molecule has 1 amide bonds. The van der Waals surface area contributed by atoms with Gasteiger partial charge < -0.3 is 15.8 Å². The molecule has 0 aromatic rings. The van der Waals surface area contributed by atoms with Gasteiger partial charge >= 0.3 is 0 Å². The molecule has 0 saturated carbocycles. The maximum absolute atomic E-state index is 11.9. The van der Waals surface area contributed by atoms with Crippen molar-refractivity contribution in [3.8, 4) is 0 Å². The van der Waals surface area contributed by atoms with Crippen molar-refractivity contribution < 1.29 is 9.53 Å². The number of carbonyl (C=O) groups excluding carboxylic acids is 1. The van der Waals surface area contributed by atoms with Crippen molar-refractivity contribution in [2.45, 2.75) is 58.3 Å². The second-order valence-corrected chi connectivity index (χ2v) is 5.63. The zero-order valence-electron chi connectivity index (χ0n) is 10.7. The van der Waals surface area contributed by atoms with Gasteiger partial charge in [-0.15, -0.1) is 0 Å². The van der Waals surface area contributed by atoms with Crippen LogP contribution in [0, 0.1) is 5.92 Å². The van der Waals surface area contributed by atoms with Crippen LogP contribution in [0.1, 0.15) is 40.5 Å². The third-order valence-electron chi connectivity index (χ3n) is 2.79. The predicted octanol–water partition coefficient (Wildman–Crippen LogP) is 1.04. The molecule has 1 rings (SSSR count). The van der Waals surface area contributed by atoms with Crippen LogP contribution in [-0.2, 0) is 9.53 Å². The van der Waals surface area contributed by atoms with E-state index in [1.54, 1.807) is 0 Å². The van der Waals surface area contributed by atoms with Crippen LogP contribution in [0.5, 0.6) is 0 Å². The highest BCUT2D eigenvalue weighted by atomic mass is 16.5. The van der Waals surface area contributed by atoms with Crippen LogP contribution >= 0.6 is 0 Å². The lowest BCUT2D eigenvalue weighted by molar-refractivity contribution is -0.133. The van der Waals surface area contributed by atoms with Crippen molar-refractivity contribution in [2.24, 2.45) is 11.7 Å². The van der Waals surface area contributed by atoms with Crippen molar-refractivity contribution in [1.82, 2.24) is 5.32 Å². The summed E-state index contributed by atoms with van der Waals surface area (Å²) in [6.07, 6.45) is 1.96. The van der Waals surface area contributed by atoms with E-state index in [9.17, 15) is 4.79 Å². The van der Waals surface area contributed by atoms with Gasteiger partial charge in [-0.25, -0.2) is 0 Å². The Balaban J connectivity index is 2.41. The first-order valence-electron chi connectivity index (χ1n) is 6.00. The molecular formula is C12H24N2O2. The van der Waals surface area contributed by atoms with E-state index in [1.165, 1.54) is 0 Å². The van der Waals surface area contributed by atoms with Gasteiger partial charge in [0.25, 0.3) is 0 Å². The van der Waals surface area contributed by atoms with Crippen LogP contribution in [-0.4, -0.2) is 30.2 Å². The van der Waals surface area contributed by atoms with Crippen molar-refractivity contribution in [3.05, 3.63) is 0 Å². The van der Waals surface area contributed by atoms with Crippen LogP contribution < -0.4 is 11.1 Å². The van der Waals surface area contributed by atoms with E-state index in [0.717, 1.165) is 12.8 Å². The first-order valence-corrected chi connectivity index (χ1v) is 6.00. The highest BCUT2D eigenvalue weighted by Gasteiger charge is 2.29. The fraction of sp³-hybridized carbons (Fsp3) is 0.917. The Labute approximate surface area is 97.9 Å². The number of amides is 1. The van der Waals surface area contributed by atoms with Crippen LogP contribution in [0.25, 0.3) is 0 Å². The Kier molecular flexibility index (Phi) is 4.33. The third kappa shape index (κ3) is 4.49. The summed E-state index contributed by atoms with van der Waals surface area (Å²) < 4.78 is 5.61. The molecular weight excluding hydrogens is 204 g/mol. The molecule has 1 aliphatic heterocycles. The summed E-state index contributed by atoms with van der Waals surface area (Å²) in [7, 11) is 0. The number of hydrogen-bond acceptors (Lipinski definition) is 3. The molecule has 1 aliphatic rings.